The van der Waals surface area contributed by atoms with Gasteiger partial charge in [-0.2, -0.15) is 4.31 Å². The third-order valence-electron chi connectivity index (χ3n) is 6.20. The number of sulfonamides is 1. The lowest BCUT2D eigenvalue weighted by molar-refractivity contribution is -0.120. The Bertz CT molecular complexity index is 1020. The highest BCUT2D eigenvalue weighted by Crippen LogP contribution is 2.27. The van der Waals surface area contributed by atoms with Gasteiger partial charge in [-0.3, -0.25) is 4.79 Å². The fourth-order valence-electron chi connectivity index (χ4n) is 4.28. The highest BCUT2D eigenvalue weighted by molar-refractivity contribution is 7.89. The lowest BCUT2D eigenvalue weighted by Crippen LogP contribution is -2.41. The van der Waals surface area contributed by atoms with Gasteiger partial charge in [0.05, 0.1) is 4.90 Å². The summed E-state index contributed by atoms with van der Waals surface area (Å²) < 4.78 is 39.9. The molecule has 0 aromatic heterocycles. The van der Waals surface area contributed by atoms with Gasteiger partial charge in [-0.25, -0.2) is 12.8 Å². The number of hydrogen-bond donors (Lipinski definition) is 1. The summed E-state index contributed by atoms with van der Waals surface area (Å²) in [5.41, 5.74) is 1.92. The molecule has 2 saturated heterocycles. The molecule has 2 aliphatic rings. The van der Waals surface area contributed by atoms with Crippen LogP contribution in [0.15, 0.2) is 53.4 Å². The summed E-state index contributed by atoms with van der Waals surface area (Å²) in [5.74, 6) is -0.0883. The number of nitrogens with zero attached hydrogens (tertiary/aromatic N) is 2. The molecule has 2 aliphatic heterocycles. The highest BCUT2D eigenvalue weighted by Gasteiger charge is 2.32. The number of amides is 1. The Labute approximate surface area is 183 Å². The lowest BCUT2D eigenvalue weighted by atomic mass is 9.97. The number of anilines is 2. The number of nitrogens with one attached hydrogen (secondary N) is 1. The fraction of sp³-hybridized carbons (Fsp3) is 0.435. The van der Waals surface area contributed by atoms with Gasteiger partial charge in [-0.15, -0.1) is 0 Å². The normalized spacial score (nSPS) is 20.7. The van der Waals surface area contributed by atoms with Crippen molar-refractivity contribution in [2.24, 2.45) is 11.8 Å². The zero-order valence-corrected chi connectivity index (χ0v) is 18.4. The van der Waals surface area contributed by atoms with Crippen LogP contribution >= 0.6 is 0 Å². The van der Waals surface area contributed by atoms with Gasteiger partial charge in [0.25, 0.3) is 0 Å². The van der Waals surface area contributed by atoms with Crippen molar-refractivity contribution in [3.05, 3.63) is 54.3 Å². The van der Waals surface area contributed by atoms with Crippen LogP contribution in [0.1, 0.15) is 26.2 Å². The zero-order valence-electron chi connectivity index (χ0n) is 17.6. The van der Waals surface area contributed by atoms with E-state index in [2.05, 4.69) is 17.1 Å². The first-order valence-electron chi connectivity index (χ1n) is 10.7. The smallest absolute Gasteiger partial charge is 0.243 e. The standard InChI is InChI=1S/C23H28FN3O3S/c1-17-10-13-26(16-17)21-6-4-20(5-7-21)25-23(28)18-11-14-27(15-12-18)31(29,30)22-8-2-19(24)3-9-22/h2-9,17-18H,10-16H2,1H3,(H,25,28). The third kappa shape index (κ3) is 4.91. The molecule has 0 bridgehead atoms. The maximum atomic E-state index is 13.1. The number of halogens is 1. The van der Waals surface area contributed by atoms with Crippen LogP contribution in [-0.2, 0) is 14.8 Å². The Kier molecular flexibility index (Phi) is 6.29. The first-order valence-corrected chi connectivity index (χ1v) is 12.2. The molecule has 0 saturated carbocycles. The van der Waals surface area contributed by atoms with Crippen molar-refractivity contribution >= 4 is 27.3 Å². The molecule has 2 heterocycles. The molecule has 1 unspecified atom stereocenters. The molecule has 1 atom stereocenters. The molecule has 2 fully saturated rings. The predicted molar refractivity (Wildman–Crippen MR) is 119 cm³/mol. The van der Waals surface area contributed by atoms with Crippen LogP contribution in [0.25, 0.3) is 0 Å². The second-order valence-electron chi connectivity index (χ2n) is 8.51. The van der Waals surface area contributed by atoms with E-state index in [9.17, 15) is 17.6 Å². The molecule has 166 valence electrons. The van der Waals surface area contributed by atoms with Gasteiger partial charge < -0.3 is 10.2 Å². The SMILES string of the molecule is CC1CCN(c2ccc(NC(=O)C3CCN(S(=O)(=O)c4ccc(F)cc4)CC3)cc2)C1. The molecule has 8 heteroatoms. The van der Waals surface area contributed by atoms with E-state index in [1.807, 2.05) is 24.3 Å². The maximum absolute atomic E-state index is 13.1. The Morgan fingerprint density at radius 2 is 1.61 bits per heavy atom. The molecule has 0 radical (unpaired) electrons. The molecule has 31 heavy (non-hydrogen) atoms. The molecule has 1 N–H and O–H groups in total. The molecule has 0 aliphatic carbocycles. The van der Waals surface area contributed by atoms with Crippen molar-refractivity contribution in [3.8, 4) is 0 Å². The van der Waals surface area contributed by atoms with E-state index in [0.29, 0.717) is 18.8 Å². The Morgan fingerprint density at radius 3 is 2.19 bits per heavy atom. The second-order valence-corrected chi connectivity index (χ2v) is 10.4. The molecule has 1 amide bonds. The quantitative estimate of drug-likeness (QED) is 0.762. The predicted octanol–water partition coefficient (Wildman–Crippen LogP) is 3.71. The first-order chi connectivity index (χ1) is 14.8. The average Bonchev–Trinajstić information content (AvgIpc) is 3.21. The minimum atomic E-state index is -3.67. The Hall–Kier alpha value is -2.45. The third-order valence-corrected chi connectivity index (χ3v) is 8.11. The van der Waals surface area contributed by atoms with Crippen LogP contribution in [0.4, 0.5) is 15.8 Å². The monoisotopic (exact) mass is 445 g/mol. The summed E-state index contributed by atoms with van der Waals surface area (Å²) in [6.45, 7) is 4.91. The second kappa shape index (κ2) is 8.96. The van der Waals surface area contributed by atoms with Crippen LogP contribution < -0.4 is 10.2 Å². The number of carbonyl (C=O) groups excluding carboxylic acids is 1. The fourth-order valence-corrected chi connectivity index (χ4v) is 5.75. The summed E-state index contributed by atoms with van der Waals surface area (Å²) in [4.78, 5) is 15.1. The van der Waals surface area contributed by atoms with E-state index in [4.69, 9.17) is 0 Å². The number of benzene rings is 2. The minimum absolute atomic E-state index is 0.0734. The van der Waals surface area contributed by atoms with Gasteiger partial charge in [0, 0.05) is 43.5 Å². The first kappa shape index (κ1) is 21.8. The van der Waals surface area contributed by atoms with Crippen molar-refractivity contribution < 1.29 is 17.6 Å². The van der Waals surface area contributed by atoms with E-state index in [1.165, 1.54) is 28.5 Å². The van der Waals surface area contributed by atoms with Gasteiger partial charge in [0.15, 0.2) is 0 Å². The van der Waals surface area contributed by atoms with Crippen molar-refractivity contribution in [3.63, 3.8) is 0 Å². The summed E-state index contributed by atoms with van der Waals surface area (Å²) in [6, 6.07) is 12.7. The van der Waals surface area contributed by atoms with Gasteiger partial charge in [-0.05, 0) is 73.7 Å². The van der Waals surface area contributed by atoms with Crippen LogP contribution in [0.2, 0.25) is 0 Å². The topological polar surface area (TPSA) is 69.7 Å². The summed E-state index contributed by atoms with van der Waals surface area (Å²) in [7, 11) is -3.67. The Balaban J connectivity index is 1.31. The highest BCUT2D eigenvalue weighted by atomic mass is 32.2. The largest absolute Gasteiger partial charge is 0.371 e. The number of piperidine rings is 1. The number of carbonyl (C=O) groups is 1. The van der Waals surface area contributed by atoms with Crippen molar-refractivity contribution in [1.29, 1.82) is 0 Å². The average molecular weight is 446 g/mol. The van der Waals surface area contributed by atoms with Crippen molar-refractivity contribution in [2.45, 2.75) is 31.1 Å². The minimum Gasteiger partial charge on any atom is -0.371 e. The molecule has 6 nitrogen and oxygen atoms in total. The summed E-state index contributed by atoms with van der Waals surface area (Å²) in [5, 5.41) is 2.96. The van der Waals surface area contributed by atoms with E-state index in [-0.39, 0.29) is 29.8 Å². The number of rotatable bonds is 5. The van der Waals surface area contributed by atoms with E-state index < -0.39 is 15.8 Å². The van der Waals surface area contributed by atoms with Gasteiger partial charge in [-0.1, -0.05) is 6.92 Å². The van der Waals surface area contributed by atoms with E-state index in [0.717, 1.165) is 30.9 Å². The van der Waals surface area contributed by atoms with Gasteiger partial charge >= 0.3 is 0 Å². The van der Waals surface area contributed by atoms with Crippen LogP contribution in [-0.4, -0.2) is 44.8 Å². The zero-order chi connectivity index (χ0) is 22.0. The Morgan fingerprint density at radius 1 is 0.968 bits per heavy atom. The summed E-state index contributed by atoms with van der Waals surface area (Å²) in [6.07, 6.45) is 2.11. The molecular formula is C23H28FN3O3S. The van der Waals surface area contributed by atoms with Gasteiger partial charge in [0.2, 0.25) is 15.9 Å². The van der Waals surface area contributed by atoms with E-state index in [1.54, 1.807) is 0 Å². The van der Waals surface area contributed by atoms with Crippen LogP contribution in [0.5, 0.6) is 0 Å². The van der Waals surface area contributed by atoms with E-state index >= 15 is 0 Å². The van der Waals surface area contributed by atoms with Crippen LogP contribution in [0, 0.1) is 17.7 Å². The summed E-state index contributed by atoms with van der Waals surface area (Å²) >= 11 is 0. The van der Waals surface area contributed by atoms with Gasteiger partial charge in [0.1, 0.15) is 5.82 Å². The molecular weight excluding hydrogens is 417 g/mol. The molecule has 0 spiro atoms. The molecule has 2 aromatic rings. The molecule has 2 aromatic carbocycles. The maximum Gasteiger partial charge on any atom is 0.243 e. The van der Waals surface area contributed by atoms with Crippen molar-refractivity contribution in [1.82, 2.24) is 4.31 Å². The lowest BCUT2D eigenvalue weighted by Gasteiger charge is -2.30. The van der Waals surface area contributed by atoms with Crippen LogP contribution in [0.3, 0.4) is 0 Å². The molecule has 4 rings (SSSR count). The number of hydrogen-bond acceptors (Lipinski definition) is 4. The van der Waals surface area contributed by atoms with Crippen molar-refractivity contribution in [2.75, 3.05) is 36.4 Å².